The van der Waals surface area contributed by atoms with E-state index in [0.29, 0.717) is 10.7 Å². The summed E-state index contributed by atoms with van der Waals surface area (Å²) in [4.78, 5) is 12.1. The third-order valence-corrected chi connectivity index (χ3v) is 12.7. The standard InChI is InChI=1S/C25H33ClO2S2/c1-3-24-10-7-20-19-6-9-23(13-15-29-30-23)16-18(19)4-5-21(20)22(24)8-11-25(24,12-14-26)28-17(2)27/h16,19-22H,3-11,13,15H2,1-2H3/t19-,20+,21+,22-,23?,24-,25+/m0/s1. The summed E-state index contributed by atoms with van der Waals surface area (Å²) in [6, 6.07) is 0. The number of ether oxygens (including phenoxy) is 1. The first kappa shape index (κ1) is 21.6. The number of esters is 1. The maximum atomic E-state index is 12.1. The summed E-state index contributed by atoms with van der Waals surface area (Å²) < 4.78 is 6.48. The Morgan fingerprint density at radius 3 is 2.77 bits per heavy atom. The van der Waals surface area contributed by atoms with Gasteiger partial charge in [0.05, 0.1) is 0 Å². The van der Waals surface area contributed by atoms with Crippen LogP contribution in [-0.2, 0) is 9.53 Å². The molecule has 1 heterocycles. The maximum absolute atomic E-state index is 12.1. The van der Waals surface area contributed by atoms with Gasteiger partial charge in [-0.05, 0) is 105 Å². The average molecular weight is 465 g/mol. The Balaban J connectivity index is 1.45. The molecule has 5 rings (SSSR count). The van der Waals surface area contributed by atoms with E-state index in [9.17, 15) is 4.79 Å². The molecule has 0 N–H and O–H groups in total. The number of halogens is 1. The molecular formula is C25H33ClO2S2. The molecule has 1 aliphatic heterocycles. The van der Waals surface area contributed by atoms with Crippen LogP contribution in [0.25, 0.3) is 0 Å². The highest BCUT2D eigenvalue weighted by Gasteiger charge is 2.66. The zero-order valence-corrected chi connectivity index (χ0v) is 20.6. The van der Waals surface area contributed by atoms with E-state index in [-0.39, 0.29) is 11.4 Å². The lowest BCUT2D eigenvalue weighted by molar-refractivity contribution is -0.170. The molecule has 164 valence electrons. The average Bonchev–Trinajstić information content (AvgIpc) is 3.30. The van der Waals surface area contributed by atoms with Gasteiger partial charge >= 0.3 is 5.97 Å². The van der Waals surface area contributed by atoms with Crippen LogP contribution < -0.4 is 0 Å². The van der Waals surface area contributed by atoms with E-state index < -0.39 is 5.60 Å². The van der Waals surface area contributed by atoms with Gasteiger partial charge in [-0.2, -0.15) is 0 Å². The van der Waals surface area contributed by atoms with Gasteiger partial charge in [-0.25, -0.2) is 0 Å². The normalized spacial score (nSPS) is 46.8. The molecule has 0 amide bonds. The minimum Gasteiger partial charge on any atom is -0.445 e. The molecule has 1 unspecified atom stereocenters. The molecule has 1 spiro atoms. The fourth-order valence-corrected chi connectivity index (χ4v) is 11.8. The van der Waals surface area contributed by atoms with Crippen LogP contribution in [0.5, 0.6) is 0 Å². The summed E-state index contributed by atoms with van der Waals surface area (Å²) in [5, 5.41) is 2.62. The van der Waals surface area contributed by atoms with Crippen LogP contribution in [0.4, 0.5) is 0 Å². The van der Waals surface area contributed by atoms with Crippen molar-refractivity contribution in [2.75, 3.05) is 5.75 Å². The molecule has 5 aliphatic rings. The quantitative estimate of drug-likeness (QED) is 0.190. The van der Waals surface area contributed by atoms with Gasteiger partial charge < -0.3 is 4.74 Å². The van der Waals surface area contributed by atoms with E-state index in [1.165, 1.54) is 51.2 Å². The Morgan fingerprint density at radius 1 is 1.20 bits per heavy atom. The highest BCUT2D eigenvalue weighted by atomic mass is 35.5. The van der Waals surface area contributed by atoms with Gasteiger partial charge in [0, 0.05) is 28.2 Å². The van der Waals surface area contributed by atoms with Crippen molar-refractivity contribution in [1.29, 1.82) is 0 Å². The van der Waals surface area contributed by atoms with Crippen molar-refractivity contribution in [2.24, 2.45) is 29.1 Å². The Bertz CT molecular complexity index is 808. The lowest BCUT2D eigenvalue weighted by Gasteiger charge is -2.57. The van der Waals surface area contributed by atoms with Crippen molar-refractivity contribution in [3.63, 3.8) is 0 Å². The first-order chi connectivity index (χ1) is 14.5. The lowest BCUT2D eigenvalue weighted by Crippen LogP contribution is -2.55. The molecule has 0 aromatic carbocycles. The fraction of sp³-hybridized carbons (Fsp3) is 0.800. The van der Waals surface area contributed by atoms with Crippen LogP contribution in [0.2, 0.25) is 0 Å². The van der Waals surface area contributed by atoms with Gasteiger partial charge in [0.1, 0.15) is 0 Å². The number of carbonyl (C=O) groups is 1. The van der Waals surface area contributed by atoms with E-state index in [2.05, 4.69) is 45.9 Å². The van der Waals surface area contributed by atoms with Crippen molar-refractivity contribution in [2.45, 2.75) is 88.4 Å². The first-order valence-electron chi connectivity index (χ1n) is 11.8. The second-order valence-corrected chi connectivity index (χ2v) is 13.3. The van der Waals surface area contributed by atoms with Crippen LogP contribution >= 0.6 is 33.2 Å². The second kappa shape index (κ2) is 7.96. The molecular weight excluding hydrogens is 432 g/mol. The van der Waals surface area contributed by atoms with Crippen molar-refractivity contribution >= 4 is 39.2 Å². The minimum absolute atomic E-state index is 0.0310. The summed E-state index contributed by atoms with van der Waals surface area (Å²) in [5.41, 5.74) is 1.07. The molecule has 2 nitrogen and oxygen atoms in total. The number of rotatable bonds is 2. The predicted molar refractivity (Wildman–Crippen MR) is 127 cm³/mol. The Kier molecular flexibility index (Phi) is 5.73. The molecule has 0 aromatic heterocycles. The number of allylic oxidation sites excluding steroid dienone is 1. The van der Waals surface area contributed by atoms with Gasteiger partial charge in [-0.15, -0.1) is 0 Å². The SMILES string of the molecule is CC[C@]12CC[C@H]3[C@@H](CCC4=CC5(CCSS5)CC[C@@H]43)[C@@H]1CC[C@]2(C#CCl)OC(C)=O. The van der Waals surface area contributed by atoms with E-state index in [4.69, 9.17) is 16.3 Å². The number of carbonyl (C=O) groups excluding carboxylic acids is 1. The fourth-order valence-electron chi connectivity index (χ4n) is 8.32. The monoisotopic (exact) mass is 464 g/mol. The summed E-state index contributed by atoms with van der Waals surface area (Å²) in [5.74, 6) is 7.26. The number of hydrogen-bond acceptors (Lipinski definition) is 4. The molecule has 30 heavy (non-hydrogen) atoms. The van der Waals surface area contributed by atoms with Crippen molar-refractivity contribution in [1.82, 2.24) is 0 Å². The summed E-state index contributed by atoms with van der Waals surface area (Å²) >= 11 is 5.93. The van der Waals surface area contributed by atoms with E-state index in [0.717, 1.165) is 43.4 Å². The molecule has 0 aromatic rings. The molecule has 4 fully saturated rings. The zero-order valence-electron chi connectivity index (χ0n) is 18.2. The van der Waals surface area contributed by atoms with Crippen LogP contribution in [0.15, 0.2) is 11.6 Å². The van der Waals surface area contributed by atoms with E-state index >= 15 is 0 Å². The zero-order chi connectivity index (χ0) is 21.0. The molecule has 5 heteroatoms. The molecule has 1 saturated heterocycles. The van der Waals surface area contributed by atoms with Crippen molar-refractivity contribution < 1.29 is 9.53 Å². The predicted octanol–water partition coefficient (Wildman–Crippen LogP) is 6.97. The van der Waals surface area contributed by atoms with Gasteiger partial charge in [-0.3, -0.25) is 4.79 Å². The number of fused-ring (bicyclic) bond motifs is 5. The molecule has 4 aliphatic carbocycles. The molecule has 0 bridgehead atoms. The highest BCUT2D eigenvalue weighted by molar-refractivity contribution is 8.77. The first-order valence-corrected chi connectivity index (χ1v) is 14.5. The van der Waals surface area contributed by atoms with Gasteiger partial charge in [0.2, 0.25) is 0 Å². The Hall–Kier alpha value is -0.240. The van der Waals surface area contributed by atoms with E-state index in [1.807, 2.05) is 0 Å². The Morgan fingerprint density at radius 2 is 2.07 bits per heavy atom. The van der Waals surface area contributed by atoms with E-state index in [1.54, 1.807) is 5.57 Å². The molecule has 3 saturated carbocycles. The van der Waals surface area contributed by atoms with Crippen molar-refractivity contribution in [3.05, 3.63) is 11.6 Å². The molecule has 7 atom stereocenters. The second-order valence-electron chi connectivity index (χ2n) is 10.3. The summed E-state index contributed by atoms with van der Waals surface area (Å²) in [7, 11) is 4.22. The summed E-state index contributed by atoms with van der Waals surface area (Å²) in [6.07, 6.45) is 14.8. The number of hydrogen-bond donors (Lipinski definition) is 0. The topological polar surface area (TPSA) is 26.3 Å². The van der Waals surface area contributed by atoms with Crippen molar-refractivity contribution in [3.8, 4) is 11.3 Å². The minimum atomic E-state index is -0.685. The van der Waals surface area contributed by atoms with Gasteiger partial charge in [-0.1, -0.05) is 40.2 Å². The smallest absolute Gasteiger partial charge is 0.304 e. The van der Waals surface area contributed by atoms with Crippen LogP contribution in [0, 0.1) is 40.4 Å². The molecule has 0 radical (unpaired) electrons. The maximum Gasteiger partial charge on any atom is 0.304 e. The third kappa shape index (κ3) is 3.12. The van der Waals surface area contributed by atoms with Crippen LogP contribution in [-0.4, -0.2) is 22.1 Å². The van der Waals surface area contributed by atoms with Gasteiger partial charge in [0.15, 0.2) is 5.60 Å². The Labute approximate surface area is 194 Å². The summed E-state index contributed by atoms with van der Waals surface area (Å²) in [6.45, 7) is 3.80. The van der Waals surface area contributed by atoms with Gasteiger partial charge in [0.25, 0.3) is 0 Å². The third-order valence-electron chi connectivity index (χ3n) is 9.43. The van der Waals surface area contributed by atoms with Crippen LogP contribution in [0.3, 0.4) is 0 Å². The highest BCUT2D eigenvalue weighted by Crippen LogP contribution is 2.68. The lowest BCUT2D eigenvalue weighted by atomic mass is 9.49. The van der Waals surface area contributed by atoms with Crippen LogP contribution in [0.1, 0.15) is 78.1 Å². The largest absolute Gasteiger partial charge is 0.445 e.